The maximum atomic E-state index is 11.5. The fourth-order valence-corrected chi connectivity index (χ4v) is 4.16. The van der Waals surface area contributed by atoms with Crippen molar-refractivity contribution in [1.29, 1.82) is 0 Å². The molecule has 4 N–H and O–H groups in total. The molecule has 1 aliphatic carbocycles. The molecule has 4 rings (SSSR count). The molecular weight excluding hydrogens is 336 g/mol. The number of rotatable bonds is 3. The van der Waals surface area contributed by atoms with E-state index in [-0.39, 0.29) is 5.54 Å². The van der Waals surface area contributed by atoms with Gasteiger partial charge in [-0.15, -0.1) is 0 Å². The summed E-state index contributed by atoms with van der Waals surface area (Å²) < 4.78 is 0. The summed E-state index contributed by atoms with van der Waals surface area (Å²) in [5, 5.41) is 7.25. The molecule has 0 atom stereocenters. The Hall–Kier alpha value is -2.82. The van der Waals surface area contributed by atoms with Gasteiger partial charge in [0.2, 0.25) is 5.91 Å². The first-order chi connectivity index (χ1) is 13.1. The zero-order chi connectivity index (χ0) is 18.9. The first kappa shape index (κ1) is 17.6. The third kappa shape index (κ3) is 3.54. The molecule has 5 heteroatoms. The average molecular weight is 362 g/mol. The van der Waals surface area contributed by atoms with Crippen LogP contribution in [0.2, 0.25) is 0 Å². The van der Waals surface area contributed by atoms with Gasteiger partial charge in [-0.25, -0.2) is 0 Å². The Balaban J connectivity index is 1.69. The van der Waals surface area contributed by atoms with Crippen LogP contribution in [0.15, 0.2) is 47.5 Å². The molecule has 1 spiro atoms. The number of aryl methyl sites for hydroxylation is 1. The van der Waals surface area contributed by atoms with Crippen LogP contribution in [0.5, 0.6) is 0 Å². The third-order valence-corrected chi connectivity index (χ3v) is 5.59. The summed E-state index contributed by atoms with van der Waals surface area (Å²) in [4.78, 5) is 16.5. The summed E-state index contributed by atoms with van der Waals surface area (Å²) in [5.74, 6) is 0.550. The lowest BCUT2D eigenvalue weighted by Gasteiger charge is -2.44. The lowest BCUT2D eigenvalue weighted by molar-refractivity contribution is 0.100. The van der Waals surface area contributed by atoms with Crippen molar-refractivity contribution in [2.45, 2.75) is 51.1 Å². The topological polar surface area (TPSA) is 79.5 Å². The number of amides is 1. The number of nitrogens with one attached hydrogen (secondary N) is 2. The molecule has 1 fully saturated rings. The van der Waals surface area contributed by atoms with Gasteiger partial charge < -0.3 is 16.4 Å². The zero-order valence-electron chi connectivity index (χ0n) is 15.7. The molecule has 0 unspecified atom stereocenters. The highest BCUT2D eigenvalue weighted by Crippen LogP contribution is 2.40. The highest BCUT2D eigenvalue weighted by molar-refractivity contribution is 6.10. The predicted molar refractivity (Wildman–Crippen MR) is 110 cm³/mol. The second-order valence-corrected chi connectivity index (χ2v) is 7.67. The van der Waals surface area contributed by atoms with Crippen LogP contribution in [0, 0.1) is 6.92 Å². The van der Waals surface area contributed by atoms with Crippen LogP contribution < -0.4 is 16.4 Å². The van der Waals surface area contributed by atoms with E-state index in [9.17, 15) is 4.79 Å². The third-order valence-electron chi connectivity index (χ3n) is 5.59. The summed E-state index contributed by atoms with van der Waals surface area (Å²) in [7, 11) is 0. The first-order valence-corrected chi connectivity index (χ1v) is 9.65. The van der Waals surface area contributed by atoms with Gasteiger partial charge in [-0.2, -0.15) is 0 Å². The van der Waals surface area contributed by atoms with Crippen LogP contribution in [-0.4, -0.2) is 17.3 Å². The van der Waals surface area contributed by atoms with Crippen LogP contribution in [0.3, 0.4) is 0 Å². The molecule has 27 heavy (non-hydrogen) atoms. The van der Waals surface area contributed by atoms with Crippen molar-refractivity contribution >= 4 is 23.1 Å². The van der Waals surface area contributed by atoms with E-state index < -0.39 is 5.91 Å². The number of carbonyl (C=O) groups is 1. The maximum absolute atomic E-state index is 11.5. The van der Waals surface area contributed by atoms with Gasteiger partial charge in [0.1, 0.15) is 5.84 Å². The molecule has 0 aromatic heterocycles. The van der Waals surface area contributed by atoms with Crippen molar-refractivity contribution in [3.63, 3.8) is 0 Å². The SMILES string of the molecule is Cc1cccc(CN=C2Nc3cc(C(N)=O)ccc3NC23CCCCC3)c1. The van der Waals surface area contributed by atoms with Crippen LogP contribution in [0.1, 0.15) is 53.6 Å². The number of hydrogen-bond acceptors (Lipinski definition) is 3. The van der Waals surface area contributed by atoms with E-state index in [1.165, 1.54) is 30.4 Å². The molecule has 1 amide bonds. The summed E-state index contributed by atoms with van der Waals surface area (Å²) >= 11 is 0. The molecule has 0 bridgehead atoms. The van der Waals surface area contributed by atoms with E-state index in [2.05, 4.69) is 41.8 Å². The van der Waals surface area contributed by atoms with Gasteiger partial charge in [-0.1, -0.05) is 49.1 Å². The Morgan fingerprint density at radius 3 is 2.67 bits per heavy atom. The number of anilines is 2. The van der Waals surface area contributed by atoms with Crippen LogP contribution in [0.4, 0.5) is 11.4 Å². The van der Waals surface area contributed by atoms with Gasteiger partial charge in [0.05, 0.1) is 23.5 Å². The number of benzene rings is 2. The number of nitrogens with zero attached hydrogens (tertiary/aromatic N) is 1. The molecule has 1 saturated carbocycles. The van der Waals surface area contributed by atoms with E-state index in [0.29, 0.717) is 12.1 Å². The van der Waals surface area contributed by atoms with Gasteiger partial charge in [0.15, 0.2) is 0 Å². The van der Waals surface area contributed by atoms with E-state index >= 15 is 0 Å². The summed E-state index contributed by atoms with van der Waals surface area (Å²) in [6.45, 7) is 2.74. The van der Waals surface area contributed by atoms with Crippen LogP contribution in [-0.2, 0) is 6.54 Å². The van der Waals surface area contributed by atoms with Gasteiger partial charge in [-0.3, -0.25) is 9.79 Å². The Morgan fingerprint density at radius 1 is 1.11 bits per heavy atom. The van der Waals surface area contributed by atoms with Crippen molar-refractivity contribution < 1.29 is 4.79 Å². The Morgan fingerprint density at radius 2 is 1.93 bits per heavy atom. The lowest BCUT2D eigenvalue weighted by atomic mass is 9.79. The second-order valence-electron chi connectivity index (χ2n) is 7.67. The smallest absolute Gasteiger partial charge is 0.248 e. The molecule has 1 aliphatic heterocycles. The molecule has 140 valence electrons. The Kier molecular flexibility index (Phi) is 4.60. The normalized spacial score (nSPS) is 19.2. The van der Waals surface area contributed by atoms with E-state index in [1.54, 1.807) is 6.07 Å². The van der Waals surface area contributed by atoms with Crippen LogP contribution >= 0.6 is 0 Å². The minimum absolute atomic E-state index is 0.149. The Bertz CT molecular complexity index is 897. The Labute approximate surface area is 160 Å². The monoisotopic (exact) mass is 362 g/mol. The summed E-state index contributed by atoms with van der Waals surface area (Å²) in [5.41, 5.74) is 10.1. The van der Waals surface area contributed by atoms with Crippen molar-refractivity contribution in [3.8, 4) is 0 Å². The van der Waals surface area contributed by atoms with E-state index in [1.807, 2.05) is 12.1 Å². The predicted octanol–water partition coefficient (Wildman–Crippen LogP) is 4.23. The molecular formula is C22H26N4O. The van der Waals surface area contributed by atoms with E-state index in [0.717, 1.165) is 30.1 Å². The largest absolute Gasteiger partial charge is 0.371 e. The number of fused-ring (bicyclic) bond motifs is 1. The van der Waals surface area contributed by atoms with Gasteiger partial charge in [0.25, 0.3) is 0 Å². The summed E-state index contributed by atoms with van der Waals surface area (Å²) in [6, 6.07) is 14.0. The van der Waals surface area contributed by atoms with Gasteiger partial charge >= 0.3 is 0 Å². The quantitative estimate of drug-likeness (QED) is 0.764. The summed E-state index contributed by atoms with van der Waals surface area (Å²) in [6.07, 6.45) is 5.76. The molecule has 5 nitrogen and oxygen atoms in total. The second kappa shape index (κ2) is 7.06. The molecule has 2 aliphatic rings. The number of aliphatic imine (C=N–C) groups is 1. The highest BCUT2D eigenvalue weighted by Gasteiger charge is 2.40. The van der Waals surface area contributed by atoms with Crippen molar-refractivity contribution in [1.82, 2.24) is 0 Å². The average Bonchev–Trinajstić information content (AvgIpc) is 2.66. The molecule has 2 aromatic carbocycles. The first-order valence-electron chi connectivity index (χ1n) is 9.65. The number of nitrogens with two attached hydrogens (primary N) is 1. The molecule has 1 heterocycles. The minimum Gasteiger partial charge on any atom is -0.371 e. The fraction of sp³-hybridized carbons (Fsp3) is 0.364. The highest BCUT2D eigenvalue weighted by atomic mass is 16.1. The minimum atomic E-state index is -0.421. The number of carbonyl (C=O) groups excluding carboxylic acids is 1. The number of hydrogen-bond donors (Lipinski definition) is 3. The molecule has 0 saturated heterocycles. The van der Waals surface area contributed by atoms with Crippen molar-refractivity contribution in [3.05, 3.63) is 59.2 Å². The fourth-order valence-electron chi connectivity index (χ4n) is 4.16. The van der Waals surface area contributed by atoms with Gasteiger partial charge in [0, 0.05) is 5.56 Å². The number of amidine groups is 1. The van der Waals surface area contributed by atoms with E-state index in [4.69, 9.17) is 10.7 Å². The molecule has 0 radical (unpaired) electrons. The number of primary amides is 1. The van der Waals surface area contributed by atoms with Crippen LogP contribution in [0.25, 0.3) is 0 Å². The van der Waals surface area contributed by atoms with Gasteiger partial charge in [-0.05, 0) is 43.5 Å². The van der Waals surface area contributed by atoms with Crippen molar-refractivity contribution in [2.24, 2.45) is 10.7 Å². The standard InChI is InChI=1S/C22H26N4O/c1-15-6-5-7-16(12-15)14-24-21-22(10-3-2-4-11-22)26-18-9-8-17(20(23)27)13-19(18)25-21/h5-9,12-13,26H,2-4,10-11,14H2,1H3,(H2,23,27)(H,24,25). The zero-order valence-corrected chi connectivity index (χ0v) is 15.7. The molecule has 2 aromatic rings. The maximum Gasteiger partial charge on any atom is 0.248 e. The van der Waals surface area contributed by atoms with Crippen molar-refractivity contribution in [2.75, 3.05) is 10.6 Å². The lowest BCUT2D eigenvalue weighted by Crippen LogP contribution is -2.53.